The summed E-state index contributed by atoms with van der Waals surface area (Å²) in [6, 6.07) is 3.53. The van der Waals surface area contributed by atoms with E-state index in [9.17, 15) is 15.3 Å². The molecule has 9 nitrogen and oxygen atoms in total. The van der Waals surface area contributed by atoms with E-state index >= 15 is 0 Å². The summed E-state index contributed by atoms with van der Waals surface area (Å²) < 4.78 is 7.15. The van der Waals surface area contributed by atoms with Gasteiger partial charge >= 0.3 is 0 Å². The molecule has 1 aromatic carbocycles. The lowest BCUT2D eigenvalue weighted by Gasteiger charge is -2.17. The Morgan fingerprint density at radius 1 is 1.13 bits per heavy atom. The fourth-order valence-corrected chi connectivity index (χ4v) is 2.91. The lowest BCUT2D eigenvalue weighted by molar-refractivity contribution is -0.0508. The normalized spacial score (nSPS) is 28.0. The number of anilines is 1. The van der Waals surface area contributed by atoms with Crippen LogP contribution in [0.1, 0.15) is 6.23 Å². The minimum Gasteiger partial charge on any atom is -0.394 e. The number of imidazole rings is 1. The van der Waals surface area contributed by atoms with E-state index in [4.69, 9.17) is 10.5 Å². The number of nitrogens with zero attached hydrogens (tertiary/aromatic N) is 4. The van der Waals surface area contributed by atoms with Crippen LogP contribution in [0.15, 0.2) is 24.8 Å². The third-order valence-corrected chi connectivity index (χ3v) is 4.15. The average Bonchev–Trinajstić information content (AvgIpc) is 3.08. The van der Waals surface area contributed by atoms with Gasteiger partial charge in [0, 0.05) is 5.39 Å². The Hall–Kier alpha value is -2.33. The van der Waals surface area contributed by atoms with Gasteiger partial charge in [-0.05, 0) is 12.1 Å². The van der Waals surface area contributed by atoms with Gasteiger partial charge in [-0.25, -0.2) is 15.0 Å². The van der Waals surface area contributed by atoms with Crippen LogP contribution in [-0.4, -0.2) is 59.8 Å². The van der Waals surface area contributed by atoms with Crippen molar-refractivity contribution in [3.63, 3.8) is 0 Å². The molecule has 2 aromatic heterocycles. The summed E-state index contributed by atoms with van der Waals surface area (Å²) in [7, 11) is 0. The summed E-state index contributed by atoms with van der Waals surface area (Å²) in [6.45, 7) is -0.381. The summed E-state index contributed by atoms with van der Waals surface area (Å²) in [6.07, 6.45) is -1.14. The van der Waals surface area contributed by atoms with Gasteiger partial charge in [-0.3, -0.25) is 0 Å². The zero-order valence-electron chi connectivity index (χ0n) is 11.9. The number of rotatable bonds is 2. The van der Waals surface area contributed by atoms with Crippen LogP contribution >= 0.6 is 0 Å². The van der Waals surface area contributed by atoms with Crippen LogP contribution in [0, 0.1) is 0 Å². The Labute approximate surface area is 130 Å². The van der Waals surface area contributed by atoms with Crippen molar-refractivity contribution < 1.29 is 20.1 Å². The zero-order chi connectivity index (χ0) is 16.1. The predicted octanol–water partition coefficient (Wildman–Crippen LogP) is -0.827. The largest absolute Gasteiger partial charge is 0.394 e. The number of fused-ring (bicyclic) bond motifs is 2. The van der Waals surface area contributed by atoms with Gasteiger partial charge in [0.1, 0.15) is 30.5 Å². The lowest BCUT2D eigenvalue weighted by atomic mass is 10.1. The summed E-state index contributed by atoms with van der Waals surface area (Å²) in [4.78, 5) is 12.4. The molecular formula is C14H15N5O4. The fraction of sp³-hybridized carbons (Fsp3) is 0.357. The number of aliphatic hydroxyl groups is 3. The molecule has 0 bridgehead atoms. The number of nitrogens with two attached hydrogens (primary N) is 1. The van der Waals surface area contributed by atoms with Gasteiger partial charge in [0.25, 0.3) is 0 Å². The van der Waals surface area contributed by atoms with E-state index in [1.165, 1.54) is 12.7 Å². The van der Waals surface area contributed by atoms with Crippen molar-refractivity contribution in [1.29, 1.82) is 0 Å². The first-order chi connectivity index (χ1) is 11.1. The molecule has 0 unspecified atom stereocenters. The second kappa shape index (κ2) is 5.10. The molecule has 1 fully saturated rings. The summed E-state index contributed by atoms with van der Waals surface area (Å²) in [5.41, 5.74) is 7.79. The van der Waals surface area contributed by atoms with Gasteiger partial charge in [-0.1, -0.05) is 0 Å². The third-order valence-electron chi connectivity index (χ3n) is 4.15. The maximum atomic E-state index is 10.2. The molecule has 0 amide bonds. The molecule has 23 heavy (non-hydrogen) atoms. The quantitative estimate of drug-likeness (QED) is 0.480. The molecule has 1 aliphatic rings. The van der Waals surface area contributed by atoms with Crippen molar-refractivity contribution in [1.82, 2.24) is 19.5 Å². The topological polar surface area (TPSA) is 140 Å². The highest BCUT2D eigenvalue weighted by Gasteiger charge is 2.43. The smallest absolute Gasteiger partial charge is 0.164 e. The van der Waals surface area contributed by atoms with Crippen molar-refractivity contribution in [2.24, 2.45) is 0 Å². The molecular weight excluding hydrogens is 302 g/mol. The van der Waals surface area contributed by atoms with E-state index < -0.39 is 24.5 Å². The molecule has 5 N–H and O–H groups in total. The van der Waals surface area contributed by atoms with Crippen LogP contribution < -0.4 is 5.73 Å². The standard InChI is InChI=1S/C14H15N5O4/c15-13-6-1-8-9(2-7(6)16-4-17-13)19(5-18-8)14-12(22)11(21)10(3-20)23-14/h1-2,4-5,10-12,14,20-22H,3H2,(H2,15,16,17)/t10-,11+,12+,14-/m0/s1. The number of nitrogen functional groups attached to an aromatic ring is 1. The minimum atomic E-state index is -1.17. The molecule has 0 saturated carbocycles. The minimum absolute atomic E-state index is 0.361. The molecule has 0 spiro atoms. The number of hydrogen-bond acceptors (Lipinski definition) is 8. The first-order valence-corrected chi connectivity index (χ1v) is 7.09. The van der Waals surface area contributed by atoms with Gasteiger partial charge in [0.05, 0.1) is 29.5 Å². The zero-order valence-corrected chi connectivity index (χ0v) is 11.9. The Balaban J connectivity index is 1.85. The van der Waals surface area contributed by atoms with Crippen molar-refractivity contribution in [2.75, 3.05) is 12.3 Å². The monoisotopic (exact) mass is 317 g/mol. The van der Waals surface area contributed by atoms with Gasteiger partial charge < -0.3 is 30.4 Å². The van der Waals surface area contributed by atoms with Crippen molar-refractivity contribution in [3.8, 4) is 0 Å². The van der Waals surface area contributed by atoms with Crippen LogP contribution in [0.4, 0.5) is 5.82 Å². The molecule has 4 atom stereocenters. The fourth-order valence-electron chi connectivity index (χ4n) is 2.91. The first kappa shape index (κ1) is 14.3. The molecule has 4 rings (SSSR count). The van der Waals surface area contributed by atoms with E-state index in [-0.39, 0.29) is 6.61 Å². The van der Waals surface area contributed by atoms with Crippen LogP contribution in [0.2, 0.25) is 0 Å². The second-order valence-electron chi connectivity index (χ2n) is 5.50. The third kappa shape index (κ3) is 2.05. The first-order valence-electron chi connectivity index (χ1n) is 7.09. The van der Waals surface area contributed by atoms with Crippen LogP contribution in [-0.2, 0) is 4.74 Å². The Morgan fingerprint density at radius 3 is 2.70 bits per heavy atom. The highest BCUT2D eigenvalue weighted by atomic mass is 16.6. The van der Waals surface area contributed by atoms with E-state index in [2.05, 4.69) is 15.0 Å². The maximum Gasteiger partial charge on any atom is 0.164 e. The number of ether oxygens (including phenoxy) is 1. The van der Waals surface area contributed by atoms with Gasteiger partial charge in [-0.15, -0.1) is 0 Å². The number of benzene rings is 1. The van der Waals surface area contributed by atoms with Gasteiger partial charge in [0.15, 0.2) is 6.23 Å². The average molecular weight is 317 g/mol. The van der Waals surface area contributed by atoms with E-state index in [1.807, 2.05) is 0 Å². The van der Waals surface area contributed by atoms with Crippen LogP contribution in [0.3, 0.4) is 0 Å². The van der Waals surface area contributed by atoms with Gasteiger partial charge in [-0.2, -0.15) is 0 Å². The van der Waals surface area contributed by atoms with Crippen molar-refractivity contribution >= 4 is 27.8 Å². The number of aliphatic hydroxyl groups excluding tert-OH is 3. The van der Waals surface area contributed by atoms with E-state index in [0.717, 1.165) is 0 Å². The van der Waals surface area contributed by atoms with E-state index in [1.54, 1.807) is 16.7 Å². The number of aromatic nitrogens is 4. The summed E-state index contributed by atoms with van der Waals surface area (Å²) in [5.74, 6) is 0.361. The molecule has 0 radical (unpaired) electrons. The Kier molecular flexibility index (Phi) is 3.16. The summed E-state index contributed by atoms with van der Waals surface area (Å²) >= 11 is 0. The lowest BCUT2D eigenvalue weighted by Crippen LogP contribution is -2.33. The maximum absolute atomic E-state index is 10.2. The molecule has 1 saturated heterocycles. The molecule has 1 aliphatic heterocycles. The van der Waals surface area contributed by atoms with Gasteiger partial charge in [0.2, 0.25) is 0 Å². The molecule has 3 aromatic rings. The SMILES string of the molecule is Nc1ncnc2cc3c(cc12)ncn3[C@H]1O[C@@H](CO)[C@@H](O)[C@H]1O. The van der Waals surface area contributed by atoms with Crippen molar-refractivity contribution in [3.05, 3.63) is 24.8 Å². The molecule has 0 aliphatic carbocycles. The van der Waals surface area contributed by atoms with E-state index in [0.29, 0.717) is 27.8 Å². The highest BCUT2D eigenvalue weighted by Crippen LogP contribution is 2.33. The van der Waals surface area contributed by atoms with Crippen LogP contribution in [0.25, 0.3) is 21.9 Å². The molecule has 120 valence electrons. The Morgan fingerprint density at radius 2 is 1.96 bits per heavy atom. The molecule has 3 heterocycles. The van der Waals surface area contributed by atoms with Crippen LogP contribution in [0.5, 0.6) is 0 Å². The predicted molar refractivity (Wildman–Crippen MR) is 80.3 cm³/mol. The Bertz CT molecular complexity index is 882. The highest BCUT2D eigenvalue weighted by molar-refractivity contribution is 5.97. The van der Waals surface area contributed by atoms with Crippen molar-refractivity contribution in [2.45, 2.75) is 24.5 Å². The summed E-state index contributed by atoms with van der Waals surface area (Å²) in [5, 5.41) is 30.0. The molecule has 9 heteroatoms. The second-order valence-corrected chi connectivity index (χ2v) is 5.50. The number of hydrogen-bond donors (Lipinski definition) is 4.